The molecule has 0 unspecified atom stereocenters. The van der Waals surface area contributed by atoms with Crippen LogP contribution in [0.3, 0.4) is 0 Å². The first-order valence-electron chi connectivity index (χ1n) is 10.1. The van der Waals surface area contributed by atoms with Gasteiger partial charge in [0.15, 0.2) is 6.61 Å². The summed E-state index contributed by atoms with van der Waals surface area (Å²) in [7, 11) is -2.08. The molecule has 3 rings (SSSR count). The summed E-state index contributed by atoms with van der Waals surface area (Å²) in [4.78, 5) is 24.4. The SMILES string of the molecule is COc1ccc(CNC(=O)COC(=O)c2cccc(S(=O)(=O)N3CCCCC3)c2)cc1. The first-order valence-corrected chi connectivity index (χ1v) is 11.5. The van der Waals surface area contributed by atoms with Crippen LogP contribution >= 0.6 is 0 Å². The predicted molar refractivity (Wildman–Crippen MR) is 114 cm³/mol. The molecule has 9 heteroatoms. The zero-order valence-corrected chi connectivity index (χ0v) is 18.2. The van der Waals surface area contributed by atoms with Gasteiger partial charge in [-0.3, -0.25) is 4.79 Å². The van der Waals surface area contributed by atoms with Crippen molar-refractivity contribution in [1.29, 1.82) is 0 Å². The Balaban J connectivity index is 1.54. The van der Waals surface area contributed by atoms with Gasteiger partial charge in [0, 0.05) is 19.6 Å². The van der Waals surface area contributed by atoms with Crippen LogP contribution in [0, 0.1) is 0 Å². The second-order valence-corrected chi connectivity index (χ2v) is 9.13. The number of nitrogens with one attached hydrogen (secondary N) is 1. The summed E-state index contributed by atoms with van der Waals surface area (Å²) in [5, 5.41) is 2.66. The molecule has 2 aromatic carbocycles. The lowest BCUT2D eigenvalue weighted by Gasteiger charge is -2.25. The number of piperidine rings is 1. The molecule has 0 spiro atoms. The molecule has 166 valence electrons. The van der Waals surface area contributed by atoms with Crippen LogP contribution in [0.25, 0.3) is 0 Å². The molecule has 0 bridgehead atoms. The summed E-state index contributed by atoms with van der Waals surface area (Å²) in [5.74, 6) is -0.495. The fraction of sp³-hybridized carbons (Fsp3) is 0.364. The highest BCUT2D eigenvalue weighted by Gasteiger charge is 2.26. The van der Waals surface area contributed by atoms with E-state index in [1.165, 1.54) is 28.6 Å². The normalized spacial score (nSPS) is 14.6. The molecule has 8 nitrogen and oxygen atoms in total. The Morgan fingerprint density at radius 2 is 1.74 bits per heavy atom. The number of methoxy groups -OCH3 is 1. The predicted octanol–water partition coefficient (Wildman–Crippen LogP) is 2.34. The maximum Gasteiger partial charge on any atom is 0.338 e. The van der Waals surface area contributed by atoms with Gasteiger partial charge < -0.3 is 14.8 Å². The Labute approximate surface area is 182 Å². The minimum Gasteiger partial charge on any atom is -0.497 e. The van der Waals surface area contributed by atoms with E-state index >= 15 is 0 Å². The zero-order chi connectivity index (χ0) is 22.3. The van der Waals surface area contributed by atoms with E-state index in [0.717, 1.165) is 24.8 Å². The third-order valence-electron chi connectivity index (χ3n) is 5.01. The largest absolute Gasteiger partial charge is 0.497 e. The molecule has 0 radical (unpaired) electrons. The number of ether oxygens (including phenoxy) is 2. The maximum atomic E-state index is 12.8. The summed E-state index contributed by atoms with van der Waals surface area (Å²) in [5.41, 5.74) is 0.956. The minimum atomic E-state index is -3.66. The van der Waals surface area contributed by atoms with Crippen molar-refractivity contribution in [1.82, 2.24) is 9.62 Å². The number of rotatable bonds is 8. The molecule has 1 heterocycles. The van der Waals surface area contributed by atoms with Crippen LogP contribution in [0.5, 0.6) is 5.75 Å². The smallest absolute Gasteiger partial charge is 0.338 e. The van der Waals surface area contributed by atoms with Gasteiger partial charge in [0.05, 0.1) is 17.6 Å². The molecule has 1 amide bonds. The van der Waals surface area contributed by atoms with Gasteiger partial charge >= 0.3 is 5.97 Å². The Morgan fingerprint density at radius 1 is 1.03 bits per heavy atom. The number of carbonyl (C=O) groups excluding carboxylic acids is 2. The molecular formula is C22H26N2O6S. The number of nitrogens with zero attached hydrogens (tertiary/aromatic N) is 1. The van der Waals surface area contributed by atoms with E-state index in [1.54, 1.807) is 19.2 Å². The van der Waals surface area contributed by atoms with E-state index in [1.807, 2.05) is 12.1 Å². The number of hydrogen-bond donors (Lipinski definition) is 1. The summed E-state index contributed by atoms with van der Waals surface area (Å²) in [6.45, 7) is 0.777. The van der Waals surface area contributed by atoms with Gasteiger partial charge in [0.25, 0.3) is 5.91 Å². The van der Waals surface area contributed by atoms with Crippen molar-refractivity contribution in [2.45, 2.75) is 30.7 Å². The van der Waals surface area contributed by atoms with E-state index in [-0.39, 0.29) is 17.0 Å². The van der Waals surface area contributed by atoms with Crippen molar-refractivity contribution in [3.05, 3.63) is 59.7 Å². The highest BCUT2D eigenvalue weighted by molar-refractivity contribution is 7.89. The first-order chi connectivity index (χ1) is 14.9. The van der Waals surface area contributed by atoms with E-state index in [2.05, 4.69) is 5.32 Å². The second-order valence-electron chi connectivity index (χ2n) is 7.19. The van der Waals surface area contributed by atoms with Gasteiger partial charge in [0.1, 0.15) is 5.75 Å². The second kappa shape index (κ2) is 10.4. The van der Waals surface area contributed by atoms with Crippen LogP contribution in [-0.4, -0.2) is 51.4 Å². The molecule has 0 aromatic heterocycles. The van der Waals surface area contributed by atoms with Crippen LogP contribution in [0.4, 0.5) is 0 Å². The monoisotopic (exact) mass is 446 g/mol. The third-order valence-corrected chi connectivity index (χ3v) is 6.90. The van der Waals surface area contributed by atoms with Crippen molar-refractivity contribution in [2.75, 3.05) is 26.8 Å². The lowest BCUT2D eigenvalue weighted by Crippen LogP contribution is -2.35. The van der Waals surface area contributed by atoms with E-state index in [9.17, 15) is 18.0 Å². The standard InChI is InChI=1S/C22H26N2O6S/c1-29-19-10-8-17(9-11-19)15-23-21(25)16-30-22(26)18-6-5-7-20(14-18)31(27,28)24-12-3-2-4-13-24/h5-11,14H,2-4,12-13,15-16H2,1H3,(H,23,25). The average Bonchev–Trinajstić information content (AvgIpc) is 2.82. The molecule has 1 N–H and O–H groups in total. The van der Waals surface area contributed by atoms with Crippen LogP contribution in [0.1, 0.15) is 35.2 Å². The first kappa shape index (κ1) is 22.8. The zero-order valence-electron chi connectivity index (χ0n) is 17.4. The highest BCUT2D eigenvalue weighted by Crippen LogP contribution is 2.21. The molecule has 1 aliphatic rings. The van der Waals surface area contributed by atoms with Gasteiger partial charge in [-0.05, 0) is 48.7 Å². The molecule has 2 aromatic rings. The summed E-state index contributed by atoms with van der Waals surface area (Å²) in [6.07, 6.45) is 2.66. The third kappa shape index (κ3) is 6.05. The van der Waals surface area contributed by atoms with Crippen molar-refractivity contribution in [3.63, 3.8) is 0 Å². The van der Waals surface area contributed by atoms with Crippen LogP contribution in [-0.2, 0) is 26.1 Å². The number of hydrogen-bond acceptors (Lipinski definition) is 6. The fourth-order valence-corrected chi connectivity index (χ4v) is 4.81. The molecule has 0 atom stereocenters. The Kier molecular flexibility index (Phi) is 7.64. The van der Waals surface area contributed by atoms with Gasteiger partial charge in [0.2, 0.25) is 10.0 Å². The van der Waals surface area contributed by atoms with Gasteiger partial charge in [-0.1, -0.05) is 24.6 Å². The quantitative estimate of drug-likeness (QED) is 0.625. The van der Waals surface area contributed by atoms with Crippen LogP contribution in [0.2, 0.25) is 0 Å². The lowest BCUT2D eigenvalue weighted by molar-refractivity contribution is -0.124. The Hall–Kier alpha value is -2.91. The molecule has 0 aliphatic carbocycles. The van der Waals surface area contributed by atoms with Gasteiger partial charge in [-0.25, -0.2) is 13.2 Å². The molecule has 0 saturated carbocycles. The molecule has 31 heavy (non-hydrogen) atoms. The minimum absolute atomic E-state index is 0.0489. The maximum absolute atomic E-state index is 12.8. The molecule has 1 saturated heterocycles. The van der Waals surface area contributed by atoms with Gasteiger partial charge in [-0.15, -0.1) is 0 Å². The van der Waals surface area contributed by atoms with Crippen LogP contribution in [0.15, 0.2) is 53.4 Å². The van der Waals surface area contributed by atoms with E-state index in [0.29, 0.717) is 18.8 Å². The average molecular weight is 447 g/mol. The van der Waals surface area contributed by atoms with Crippen molar-refractivity contribution in [3.8, 4) is 5.75 Å². The van der Waals surface area contributed by atoms with Crippen molar-refractivity contribution < 1.29 is 27.5 Å². The topological polar surface area (TPSA) is 102 Å². The Bertz CT molecular complexity index is 1010. The number of carbonyl (C=O) groups is 2. The highest BCUT2D eigenvalue weighted by atomic mass is 32.2. The van der Waals surface area contributed by atoms with E-state index < -0.39 is 28.5 Å². The number of benzene rings is 2. The summed E-state index contributed by atoms with van der Waals surface area (Å²) in [6, 6.07) is 12.9. The lowest BCUT2D eigenvalue weighted by atomic mass is 10.2. The van der Waals surface area contributed by atoms with Crippen LogP contribution < -0.4 is 10.1 Å². The molecular weight excluding hydrogens is 420 g/mol. The molecule has 1 fully saturated rings. The number of sulfonamides is 1. The molecule has 1 aliphatic heterocycles. The number of esters is 1. The number of amides is 1. The van der Waals surface area contributed by atoms with Gasteiger partial charge in [-0.2, -0.15) is 4.31 Å². The fourth-order valence-electron chi connectivity index (χ4n) is 3.25. The summed E-state index contributed by atoms with van der Waals surface area (Å²) < 4.78 is 37.1. The van der Waals surface area contributed by atoms with Crippen molar-refractivity contribution in [2.24, 2.45) is 0 Å². The van der Waals surface area contributed by atoms with Crippen molar-refractivity contribution >= 4 is 21.9 Å². The Morgan fingerprint density at radius 3 is 2.42 bits per heavy atom. The van der Waals surface area contributed by atoms with E-state index in [4.69, 9.17) is 9.47 Å². The summed E-state index contributed by atoms with van der Waals surface area (Å²) >= 11 is 0.